The maximum Gasteiger partial charge on any atom is 0.416 e. The van der Waals surface area contributed by atoms with Crippen LogP contribution >= 0.6 is 0 Å². The smallest absolute Gasteiger partial charge is 0.416 e. The second-order valence-electron chi connectivity index (χ2n) is 5.51. The number of carbonyl (C=O) groups is 2. The Morgan fingerprint density at radius 3 is 2.00 bits per heavy atom. The fourth-order valence-corrected chi connectivity index (χ4v) is 2.28. The number of hydrogen-bond acceptors (Lipinski definition) is 4. The summed E-state index contributed by atoms with van der Waals surface area (Å²) in [6.07, 6.45) is -4.55. The summed E-state index contributed by atoms with van der Waals surface area (Å²) in [6.45, 7) is 4.38. The monoisotopic (exact) mass is 396 g/mol. The van der Waals surface area contributed by atoms with E-state index in [1.165, 1.54) is 18.2 Å². The van der Waals surface area contributed by atoms with Crippen molar-refractivity contribution in [2.45, 2.75) is 20.0 Å². The number of benzene rings is 2. The maximum absolute atomic E-state index is 12.7. The van der Waals surface area contributed by atoms with Crippen molar-refractivity contribution in [2.24, 2.45) is 0 Å². The zero-order valence-corrected chi connectivity index (χ0v) is 15.2. The standard InChI is InChI=1S/C19H19F3N2O4/c1-3-27-15-9-8-14(11-16(15)28-4-2)24-18(26)17(25)23-13-7-5-6-12(10-13)19(20,21)22/h5-11H,3-4H2,1-2H3,(H,23,25)(H,24,26). The summed E-state index contributed by atoms with van der Waals surface area (Å²) in [7, 11) is 0. The molecule has 2 rings (SSSR count). The van der Waals surface area contributed by atoms with Crippen LogP contribution in [0.4, 0.5) is 24.5 Å². The predicted octanol–water partition coefficient (Wildman–Crippen LogP) is 4.08. The summed E-state index contributed by atoms with van der Waals surface area (Å²) < 4.78 is 49.0. The molecule has 0 fully saturated rings. The Bertz CT molecular complexity index is 853. The minimum atomic E-state index is -4.55. The molecule has 0 spiro atoms. The highest BCUT2D eigenvalue weighted by molar-refractivity contribution is 6.43. The van der Waals surface area contributed by atoms with Crippen LogP contribution in [0.1, 0.15) is 19.4 Å². The third-order valence-electron chi connectivity index (χ3n) is 3.46. The van der Waals surface area contributed by atoms with E-state index in [-0.39, 0.29) is 11.4 Å². The minimum absolute atomic E-state index is 0.142. The Labute approximate surface area is 159 Å². The summed E-state index contributed by atoms with van der Waals surface area (Å²) in [5, 5.41) is 4.51. The summed E-state index contributed by atoms with van der Waals surface area (Å²) in [5.41, 5.74) is -0.800. The lowest BCUT2D eigenvalue weighted by Gasteiger charge is -2.13. The topological polar surface area (TPSA) is 76.7 Å². The van der Waals surface area contributed by atoms with Gasteiger partial charge in [0.05, 0.1) is 18.8 Å². The molecule has 0 unspecified atom stereocenters. The van der Waals surface area contributed by atoms with Crippen molar-refractivity contribution in [2.75, 3.05) is 23.8 Å². The average molecular weight is 396 g/mol. The molecule has 0 radical (unpaired) electrons. The Kier molecular flexibility index (Phi) is 6.86. The van der Waals surface area contributed by atoms with Crippen LogP contribution in [0.15, 0.2) is 42.5 Å². The molecule has 2 aromatic rings. The molecule has 150 valence electrons. The lowest BCUT2D eigenvalue weighted by atomic mass is 10.2. The van der Waals surface area contributed by atoms with E-state index in [0.29, 0.717) is 24.7 Å². The highest BCUT2D eigenvalue weighted by Crippen LogP contribution is 2.31. The predicted molar refractivity (Wildman–Crippen MR) is 97.5 cm³/mol. The number of rotatable bonds is 6. The number of carbonyl (C=O) groups excluding carboxylic acids is 2. The highest BCUT2D eigenvalue weighted by atomic mass is 19.4. The fraction of sp³-hybridized carbons (Fsp3) is 0.263. The molecular formula is C19H19F3N2O4. The number of ether oxygens (including phenoxy) is 2. The van der Waals surface area contributed by atoms with Gasteiger partial charge in [-0.1, -0.05) is 6.07 Å². The van der Waals surface area contributed by atoms with E-state index in [9.17, 15) is 22.8 Å². The molecule has 0 aliphatic rings. The summed E-state index contributed by atoms with van der Waals surface area (Å²) in [4.78, 5) is 24.1. The van der Waals surface area contributed by atoms with Gasteiger partial charge in [0.25, 0.3) is 0 Å². The average Bonchev–Trinajstić information content (AvgIpc) is 2.63. The molecule has 0 saturated carbocycles. The molecule has 0 atom stereocenters. The van der Waals surface area contributed by atoms with Crippen molar-refractivity contribution in [3.8, 4) is 11.5 Å². The molecule has 0 heterocycles. The molecule has 6 nitrogen and oxygen atoms in total. The zero-order chi connectivity index (χ0) is 20.7. The van der Waals surface area contributed by atoms with E-state index >= 15 is 0 Å². The number of nitrogens with one attached hydrogen (secondary N) is 2. The maximum atomic E-state index is 12.7. The van der Waals surface area contributed by atoms with E-state index in [1.54, 1.807) is 13.0 Å². The van der Waals surface area contributed by atoms with Gasteiger partial charge in [-0.05, 0) is 44.2 Å². The van der Waals surface area contributed by atoms with Crippen molar-refractivity contribution in [3.63, 3.8) is 0 Å². The second-order valence-corrected chi connectivity index (χ2v) is 5.51. The van der Waals surface area contributed by atoms with Crippen LogP contribution in [-0.4, -0.2) is 25.0 Å². The van der Waals surface area contributed by atoms with Crippen LogP contribution in [0.3, 0.4) is 0 Å². The molecule has 2 aromatic carbocycles. The Morgan fingerprint density at radius 1 is 0.857 bits per heavy atom. The normalized spacial score (nSPS) is 10.9. The van der Waals surface area contributed by atoms with Crippen LogP contribution in [0.5, 0.6) is 11.5 Å². The van der Waals surface area contributed by atoms with Crippen LogP contribution < -0.4 is 20.1 Å². The van der Waals surface area contributed by atoms with Gasteiger partial charge in [0.2, 0.25) is 0 Å². The number of halogens is 3. The van der Waals surface area contributed by atoms with Gasteiger partial charge in [0, 0.05) is 17.4 Å². The molecular weight excluding hydrogens is 377 g/mol. The lowest BCUT2D eigenvalue weighted by Crippen LogP contribution is -2.29. The van der Waals surface area contributed by atoms with Crippen LogP contribution in [0.25, 0.3) is 0 Å². The Morgan fingerprint density at radius 2 is 1.43 bits per heavy atom. The van der Waals surface area contributed by atoms with Gasteiger partial charge in [-0.25, -0.2) is 0 Å². The van der Waals surface area contributed by atoms with Gasteiger partial charge in [-0.2, -0.15) is 13.2 Å². The Hall–Kier alpha value is -3.23. The summed E-state index contributed by atoms with van der Waals surface area (Å²) in [6, 6.07) is 8.59. The van der Waals surface area contributed by atoms with Crippen molar-refractivity contribution in [1.29, 1.82) is 0 Å². The van der Waals surface area contributed by atoms with E-state index in [0.717, 1.165) is 18.2 Å². The van der Waals surface area contributed by atoms with Crippen molar-refractivity contribution in [1.82, 2.24) is 0 Å². The SMILES string of the molecule is CCOc1ccc(NC(=O)C(=O)Nc2cccc(C(F)(F)F)c2)cc1OCC. The molecule has 28 heavy (non-hydrogen) atoms. The van der Waals surface area contributed by atoms with Crippen LogP contribution in [0.2, 0.25) is 0 Å². The molecule has 2 N–H and O–H groups in total. The van der Waals surface area contributed by atoms with Crippen molar-refractivity contribution in [3.05, 3.63) is 48.0 Å². The number of hydrogen-bond donors (Lipinski definition) is 2. The lowest BCUT2D eigenvalue weighted by molar-refractivity contribution is -0.137. The third-order valence-corrected chi connectivity index (χ3v) is 3.46. The first kappa shape index (κ1) is 21.1. The molecule has 9 heteroatoms. The zero-order valence-electron chi connectivity index (χ0n) is 15.2. The molecule has 0 aromatic heterocycles. The molecule has 0 aliphatic carbocycles. The van der Waals surface area contributed by atoms with Crippen molar-refractivity contribution >= 4 is 23.2 Å². The van der Waals surface area contributed by atoms with Gasteiger partial charge in [-0.15, -0.1) is 0 Å². The molecule has 0 saturated heterocycles. The molecule has 0 bridgehead atoms. The summed E-state index contributed by atoms with van der Waals surface area (Å²) in [5.74, 6) is -1.27. The second kappa shape index (κ2) is 9.12. The summed E-state index contributed by atoms with van der Waals surface area (Å²) >= 11 is 0. The van der Waals surface area contributed by atoms with E-state index in [1.807, 2.05) is 6.92 Å². The van der Waals surface area contributed by atoms with Gasteiger partial charge in [0.15, 0.2) is 11.5 Å². The first-order valence-electron chi connectivity index (χ1n) is 8.43. The van der Waals surface area contributed by atoms with Crippen LogP contribution in [0, 0.1) is 0 Å². The fourth-order valence-electron chi connectivity index (χ4n) is 2.28. The van der Waals surface area contributed by atoms with Gasteiger partial charge < -0.3 is 20.1 Å². The largest absolute Gasteiger partial charge is 0.490 e. The number of amides is 2. The third kappa shape index (κ3) is 5.63. The van der Waals surface area contributed by atoms with Crippen molar-refractivity contribution < 1.29 is 32.2 Å². The first-order valence-corrected chi connectivity index (χ1v) is 8.43. The van der Waals surface area contributed by atoms with E-state index in [4.69, 9.17) is 9.47 Å². The van der Waals surface area contributed by atoms with Gasteiger partial charge in [0.1, 0.15) is 0 Å². The van der Waals surface area contributed by atoms with Gasteiger partial charge >= 0.3 is 18.0 Å². The first-order chi connectivity index (χ1) is 13.2. The minimum Gasteiger partial charge on any atom is -0.490 e. The van der Waals surface area contributed by atoms with E-state index < -0.39 is 23.6 Å². The molecule has 2 amide bonds. The van der Waals surface area contributed by atoms with Gasteiger partial charge in [-0.3, -0.25) is 9.59 Å². The molecule has 0 aliphatic heterocycles. The number of alkyl halides is 3. The Balaban J connectivity index is 2.08. The van der Waals surface area contributed by atoms with E-state index in [2.05, 4.69) is 10.6 Å². The quantitative estimate of drug-likeness (QED) is 0.722. The number of anilines is 2. The highest BCUT2D eigenvalue weighted by Gasteiger charge is 2.30. The van der Waals surface area contributed by atoms with Crippen LogP contribution in [-0.2, 0) is 15.8 Å².